The first-order valence-electron chi connectivity index (χ1n) is 13.4. The van der Waals surface area contributed by atoms with Crippen molar-refractivity contribution >= 4 is 23.9 Å². The van der Waals surface area contributed by atoms with Crippen molar-refractivity contribution in [3.63, 3.8) is 0 Å². The molecule has 7 heteroatoms. The fraction of sp³-hybridized carbons (Fsp3) is 0.567. The van der Waals surface area contributed by atoms with Gasteiger partial charge in [0.2, 0.25) is 5.91 Å². The van der Waals surface area contributed by atoms with Crippen LogP contribution < -0.4 is 14.8 Å². The lowest BCUT2D eigenvalue weighted by molar-refractivity contribution is -0.141. The smallest absolute Gasteiger partial charge is 0.334 e. The van der Waals surface area contributed by atoms with E-state index in [-0.39, 0.29) is 18.8 Å². The highest BCUT2D eigenvalue weighted by molar-refractivity contribution is 5.87. The van der Waals surface area contributed by atoms with Gasteiger partial charge in [0.25, 0.3) is 0 Å². The molecule has 7 nitrogen and oxygen atoms in total. The molecule has 0 radical (unpaired) electrons. The van der Waals surface area contributed by atoms with Crippen LogP contribution in [0.15, 0.2) is 29.9 Å². The molecule has 0 bridgehead atoms. The Morgan fingerprint density at radius 2 is 1.89 bits per heavy atom. The Balaban J connectivity index is 2.30. The van der Waals surface area contributed by atoms with E-state index in [1.165, 1.54) is 5.57 Å². The molecule has 2 rings (SSSR count). The minimum Gasteiger partial charge on any atom is -0.483 e. The predicted octanol–water partition coefficient (Wildman–Crippen LogP) is 6.24. The zero-order valence-corrected chi connectivity index (χ0v) is 23.2. The van der Waals surface area contributed by atoms with Gasteiger partial charge in [-0.25, -0.2) is 4.79 Å². The number of benzene rings is 1. The lowest BCUT2D eigenvalue weighted by Crippen LogP contribution is -2.46. The van der Waals surface area contributed by atoms with Gasteiger partial charge in [0.05, 0.1) is 12.0 Å². The largest absolute Gasteiger partial charge is 0.483 e. The van der Waals surface area contributed by atoms with E-state index in [2.05, 4.69) is 39.1 Å². The number of carboxylic acids is 1. The van der Waals surface area contributed by atoms with E-state index in [9.17, 15) is 14.4 Å². The normalized spacial score (nSPS) is 16.9. The Bertz CT molecular complexity index is 1020. The predicted molar refractivity (Wildman–Crippen MR) is 146 cm³/mol. The number of hydrogen-bond donors (Lipinski definition) is 2. The molecule has 1 amide bonds. The summed E-state index contributed by atoms with van der Waals surface area (Å²) in [6.07, 6.45) is 11.4. The standard InChI is InChI=1S/C30H43NO6/c1-7-8-9-12-22-18-24(36-29(35)28(21(4)5)31-26(32)13-14-27(33)34)23-15-17-30(6,37-25(23)19-22)16-10-11-20(2)3/h11,15,17-19,21,28H,7-10,12-14,16H2,1-6H3,(H,31,32)(H,33,34)/t28-,30+/m0/s1. The molecule has 0 saturated carbocycles. The van der Waals surface area contributed by atoms with E-state index >= 15 is 0 Å². The van der Waals surface area contributed by atoms with Crippen molar-refractivity contribution in [1.29, 1.82) is 0 Å². The zero-order valence-electron chi connectivity index (χ0n) is 23.2. The molecule has 2 N–H and O–H groups in total. The van der Waals surface area contributed by atoms with E-state index < -0.39 is 29.5 Å². The highest BCUT2D eigenvalue weighted by Gasteiger charge is 2.31. The molecule has 204 valence electrons. The van der Waals surface area contributed by atoms with Crippen molar-refractivity contribution in [2.75, 3.05) is 0 Å². The molecular weight excluding hydrogens is 470 g/mol. The summed E-state index contributed by atoms with van der Waals surface area (Å²) in [7, 11) is 0. The van der Waals surface area contributed by atoms with E-state index in [1.807, 2.05) is 24.3 Å². The summed E-state index contributed by atoms with van der Waals surface area (Å²) in [5.41, 5.74) is 2.53. The number of aliphatic carboxylic acids is 1. The summed E-state index contributed by atoms with van der Waals surface area (Å²) in [5, 5.41) is 11.5. The first-order chi connectivity index (χ1) is 17.4. The minimum absolute atomic E-state index is 0.198. The van der Waals surface area contributed by atoms with Crippen LogP contribution in [-0.4, -0.2) is 34.6 Å². The van der Waals surface area contributed by atoms with Crippen LogP contribution in [0, 0.1) is 5.92 Å². The third kappa shape index (κ3) is 9.71. The SMILES string of the molecule is CCCCCc1cc(OC(=O)[C@@H](NC(=O)CCC(=O)O)C(C)C)c2c(c1)O[C@](C)(CCC=C(C)C)C=C2. The van der Waals surface area contributed by atoms with Crippen LogP contribution in [0.4, 0.5) is 0 Å². The van der Waals surface area contributed by atoms with Gasteiger partial charge in [0, 0.05) is 6.42 Å². The highest BCUT2D eigenvalue weighted by atomic mass is 16.5. The van der Waals surface area contributed by atoms with Crippen molar-refractivity contribution in [3.8, 4) is 11.5 Å². The summed E-state index contributed by atoms with van der Waals surface area (Å²) in [5.74, 6) is -1.30. The summed E-state index contributed by atoms with van der Waals surface area (Å²) < 4.78 is 12.3. The minimum atomic E-state index is -1.06. The van der Waals surface area contributed by atoms with Crippen LogP contribution in [0.2, 0.25) is 0 Å². The number of nitrogens with one attached hydrogen (secondary N) is 1. The van der Waals surface area contributed by atoms with Gasteiger partial charge in [-0.2, -0.15) is 0 Å². The van der Waals surface area contributed by atoms with Gasteiger partial charge in [-0.05, 0) is 82.2 Å². The number of rotatable bonds is 14. The summed E-state index contributed by atoms with van der Waals surface area (Å²) in [4.78, 5) is 36.2. The Morgan fingerprint density at radius 3 is 2.51 bits per heavy atom. The number of ether oxygens (including phenoxy) is 2. The summed E-state index contributed by atoms with van der Waals surface area (Å²) in [6, 6.07) is 3.03. The van der Waals surface area contributed by atoms with Gasteiger partial charge in [-0.15, -0.1) is 0 Å². The van der Waals surface area contributed by atoms with E-state index in [1.54, 1.807) is 13.8 Å². The van der Waals surface area contributed by atoms with Crippen LogP contribution in [0.25, 0.3) is 6.08 Å². The highest BCUT2D eigenvalue weighted by Crippen LogP contribution is 2.40. The topological polar surface area (TPSA) is 102 Å². The second-order valence-corrected chi connectivity index (χ2v) is 10.6. The van der Waals surface area contributed by atoms with Gasteiger partial charge in [-0.3, -0.25) is 9.59 Å². The van der Waals surface area contributed by atoms with Crippen molar-refractivity contribution in [3.05, 3.63) is 41.0 Å². The first kappa shape index (κ1) is 30.1. The molecule has 0 unspecified atom stereocenters. The maximum atomic E-state index is 13.2. The molecule has 0 saturated heterocycles. The second-order valence-electron chi connectivity index (χ2n) is 10.6. The molecule has 0 aromatic heterocycles. The number of fused-ring (bicyclic) bond motifs is 1. The summed E-state index contributed by atoms with van der Waals surface area (Å²) in [6.45, 7) is 12.0. The Hall–Kier alpha value is -3.09. The summed E-state index contributed by atoms with van der Waals surface area (Å²) >= 11 is 0. The van der Waals surface area contributed by atoms with Gasteiger partial charge in [0.1, 0.15) is 23.1 Å². The third-order valence-corrected chi connectivity index (χ3v) is 6.39. The third-order valence-electron chi connectivity index (χ3n) is 6.39. The van der Waals surface area contributed by atoms with E-state index in [0.717, 1.165) is 44.1 Å². The molecule has 1 aliphatic heterocycles. The number of hydrogen-bond acceptors (Lipinski definition) is 5. The number of amides is 1. The van der Waals surface area contributed by atoms with Crippen molar-refractivity contribution in [2.24, 2.45) is 5.92 Å². The van der Waals surface area contributed by atoms with Crippen molar-refractivity contribution in [1.82, 2.24) is 5.32 Å². The van der Waals surface area contributed by atoms with E-state index in [4.69, 9.17) is 14.6 Å². The molecule has 0 fully saturated rings. The molecule has 0 aliphatic carbocycles. The number of aryl methyl sites for hydroxylation is 1. The fourth-order valence-corrected chi connectivity index (χ4v) is 4.17. The van der Waals surface area contributed by atoms with Crippen LogP contribution >= 0.6 is 0 Å². The Morgan fingerprint density at radius 1 is 1.16 bits per heavy atom. The maximum absolute atomic E-state index is 13.2. The van der Waals surface area contributed by atoms with Crippen LogP contribution in [0.3, 0.4) is 0 Å². The fourth-order valence-electron chi connectivity index (χ4n) is 4.17. The number of allylic oxidation sites excluding steroid dienone is 2. The van der Waals surface area contributed by atoms with E-state index in [0.29, 0.717) is 17.1 Å². The Kier molecular flexibility index (Phi) is 11.4. The molecular formula is C30H43NO6. The average molecular weight is 514 g/mol. The molecule has 1 aromatic rings. The quantitative estimate of drug-likeness (QED) is 0.132. The van der Waals surface area contributed by atoms with Crippen LogP contribution in [-0.2, 0) is 20.8 Å². The molecule has 37 heavy (non-hydrogen) atoms. The molecule has 1 aromatic carbocycles. The second kappa shape index (κ2) is 14.0. The number of carboxylic acid groups (broad SMARTS) is 1. The van der Waals surface area contributed by atoms with Gasteiger partial charge in [0.15, 0.2) is 0 Å². The molecule has 1 aliphatic rings. The van der Waals surface area contributed by atoms with Gasteiger partial charge in [-0.1, -0.05) is 45.3 Å². The number of esters is 1. The van der Waals surface area contributed by atoms with Crippen molar-refractivity contribution in [2.45, 2.75) is 105 Å². The number of carbonyl (C=O) groups is 3. The number of carbonyl (C=O) groups excluding carboxylic acids is 2. The molecule has 0 spiro atoms. The van der Waals surface area contributed by atoms with Crippen LogP contribution in [0.5, 0.6) is 11.5 Å². The maximum Gasteiger partial charge on any atom is 0.334 e. The number of unbranched alkanes of at least 4 members (excludes halogenated alkanes) is 2. The van der Waals surface area contributed by atoms with Crippen LogP contribution in [0.1, 0.15) is 97.6 Å². The monoisotopic (exact) mass is 513 g/mol. The molecule has 1 heterocycles. The van der Waals surface area contributed by atoms with Crippen molar-refractivity contribution < 1.29 is 29.0 Å². The lowest BCUT2D eigenvalue weighted by Gasteiger charge is -2.32. The lowest BCUT2D eigenvalue weighted by atomic mass is 9.93. The zero-order chi connectivity index (χ0) is 27.6. The van der Waals surface area contributed by atoms with Gasteiger partial charge < -0.3 is 19.9 Å². The first-order valence-corrected chi connectivity index (χ1v) is 13.4. The molecule has 2 atom stereocenters. The average Bonchev–Trinajstić information content (AvgIpc) is 2.80. The van der Waals surface area contributed by atoms with Gasteiger partial charge >= 0.3 is 11.9 Å². The Labute approximate surface area is 221 Å².